The number of carbonyl (C=O) groups is 1. The van der Waals surface area contributed by atoms with Gasteiger partial charge in [-0.25, -0.2) is 0 Å². The van der Waals surface area contributed by atoms with E-state index >= 15 is 0 Å². The Kier molecular flexibility index (Phi) is 10.5. The van der Waals surface area contributed by atoms with Crippen molar-refractivity contribution in [3.63, 3.8) is 0 Å². The molecule has 0 aliphatic carbocycles. The standard InChI is InChI=1S/C13H27NO2/c1-4-7-10-14(11-8-5-2)13(15)9-12-16-6-3/h4-12H2,1-3H3. The zero-order valence-corrected chi connectivity index (χ0v) is 11.1. The fourth-order valence-electron chi connectivity index (χ4n) is 1.52. The largest absolute Gasteiger partial charge is 0.381 e. The number of hydrogen-bond acceptors (Lipinski definition) is 2. The summed E-state index contributed by atoms with van der Waals surface area (Å²) in [5, 5.41) is 0. The predicted octanol–water partition coefficient (Wildman–Crippen LogP) is 2.84. The summed E-state index contributed by atoms with van der Waals surface area (Å²) in [5.74, 6) is 0.246. The topological polar surface area (TPSA) is 29.5 Å². The van der Waals surface area contributed by atoms with Gasteiger partial charge in [-0.05, 0) is 19.8 Å². The molecule has 0 aliphatic rings. The van der Waals surface area contributed by atoms with Crippen molar-refractivity contribution in [2.24, 2.45) is 0 Å². The average Bonchev–Trinajstić information content (AvgIpc) is 2.29. The van der Waals surface area contributed by atoms with Gasteiger partial charge >= 0.3 is 0 Å². The molecule has 0 atom stereocenters. The van der Waals surface area contributed by atoms with Crippen molar-refractivity contribution < 1.29 is 9.53 Å². The molecule has 0 saturated heterocycles. The number of nitrogens with zero attached hydrogens (tertiary/aromatic N) is 1. The lowest BCUT2D eigenvalue weighted by molar-refractivity contribution is -0.132. The van der Waals surface area contributed by atoms with E-state index in [2.05, 4.69) is 13.8 Å². The number of hydrogen-bond donors (Lipinski definition) is 0. The van der Waals surface area contributed by atoms with Gasteiger partial charge in [0.15, 0.2) is 0 Å². The summed E-state index contributed by atoms with van der Waals surface area (Å²) >= 11 is 0. The highest BCUT2D eigenvalue weighted by Crippen LogP contribution is 2.02. The van der Waals surface area contributed by atoms with Gasteiger partial charge in [0.25, 0.3) is 0 Å². The van der Waals surface area contributed by atoms with Gasteiger partial charge in [0.1, 0.15) is 0 Å². The molecule has 0 radical (unpaired) electrons. The monoisotopic (exact) mass is 229 g/mol. The van der Waals surface area contributed by atoms with E-state index in [4.69, 9.17) is 4.74 Å². The first-order valence-corrected chi connectivity index (χ1v) is 6.61. The van der Waals surface area contributed by atoms with Gasteiger partial charge in [0.05, 0.1) is 13.0 Å². The quantitative estimate of drug-likeness (QED) is 0.539. The third kappa shape index (κ3) is 7.69. The van der Waals surface area contributed by atoms with Crippen LogP contribution in [0.4, 0.5) is 0 Å². The molecular weight excluding hydrogens is 202 g/mol. The molecule has 0 N–H and O–H groups in total. The summed E-state index contributed by atoms with van der Waals surface area (Å²) in [5.41, 5.74) is 0. The van der Waals surface area contributed by atoms with E-state index in [1.54, 1.807) is 0 Å². The van der Waals surface area contributed by atoms with Crippen molar-refractivity contribution >= 4 is 5.91 Å². The molecule has 0 bridgehead atoms. The minimum absolute atomic E-state index is 0.246. The average molecular weight is 229 g/mol. The van der Waals surface area contributed by atoms with Crippen LogP contribution < -0.4 is 0 Å². The van der Waals surface area contributed by atoms with Crippen LogP contribution in [0, 0.1) is 0 Å². The highest BCUT2D eigenvalue weighted by atomic mass is 16.5. The van der Waals surface area contributed by atoms with E-state index in [0.29, 0.717) is 19.6 Å². The molecule has 0 saturated carbocycles. The number of carbonyl (C=O) groups excluding carboxylic acids is 1. The molecule has 0 aromatic carbocycles. The molecule has 0 aliphatic heterocycles. The van der Waals surface area contributed by atoms with Gasteiger partial charge in [-0.15, -0.1) is 0 Å². The molecular formula is C13H27NO2. The van der Waals surface area contributed by atoms with E-state index in [9.17, 15) is 4.79 Å². The second-order valence-corrected chi connectivity index (χ2v) is 4.03. The normalized spacial score (nSPS) is 10.4. The van der Waals surface area contributed by atoms with Crippen molar-refractivity contribution in [2.75, 3.05) is 26.3 Å². The van der Waals surface area contributed by atoms with E-state index in [0.717, 1.165) is 38.8 Å². The minimum Gasteiger partial charge on any atom is -0.381 e. The zero-order chi connectivity index (χ0) is 12.2. The van der Waals surface area contributed by atoms with Gasteiger partial charge in [-0.3, -0.25) is 4.79 Å². The Hall–Kier alpha value is -0.570. The van der Waals surface area contributed by atoms with Crippen molar-refractivity contribution in [2.45, 2.75) is 52.9 Å². The maximum atomic E-state index is 11.9. The van der Waals surface area contributed by atoms with Gasteiger partial charge in [-0.2, -0.15) is 0 Å². The van der Waals surface area contributed by atoms with Crippen LogP contribution in [0.3, 0.4) is 0 Å². The van der Waals surface area contributed by atoms with E-state index in [-0.39, 0.29) is 5.91 Å². The molecule has 0 aromatic rings. The number of unbranched alkanes of at least 4 members (excludes halogenated alkanes) is 2. The maximum absolute atomic E-state index is 11.9. The van der Waals surface area contributed by atoms with Crippen LogP contribution in [0.1, 0.15) is 52.9 Å². The highest BCUT2D eigenvalue weighted by Gasteiger charge is 2.11. The van der Waals surface area contributed by atoms with Gasteiger partial charge < -0.3 is 9.64 Å². The molecule has 0 spiro atoms. The smallest absolute Gasteiger partial charge is 0.224 e. The number of ether oxygens (including phenoxy) is 1. The molecule has 0 heterocycles. The third-order valence-electron chi connectivity index (χ3n) is 2.58. The number of rotatable bonds is 10. The fraction of sp³-hybridized carbons (Fsp3) is 0.923. The molecule has 3 heteroatoms. The summed E-state index contributed by atoms with van der Waals surface area (Å²) in [6.07, 6.45) is 5.01. The Morgan fingerprint density at radius 2 is 1.62 bits per heavy atom. The molecule has 16 heavy (non-hydrogen) atoms. The van der Waals surface area contributed by atoms with Gasteiger partial charge in [0, 0.05) is 19.7 Å². The first-order valence-electron chi connectivity index (χ1n) is 6.61. The Morgan fingerprint density at radius 3 is 2.06 bits per heavy atom. The van der Waals surface area contributed by atoms with E-state index in [1.165, 1.54) is 0 Å². The number of amides is 1. The molecule has 0 rings (SSSR count). The molecule has 0 fully saturated rings. The predicted molar refractivity (Wildman–Crippen MR) is 67.5 cm³/mol. The molecule has 3 nitrogen and oxygen atoms in total. The van der Waals surface area contributed by atoms with Crippen LogP contribution in [0.15, 0.2) is 0 Å². The molecule has 96 valence electrons. The van der Waals surface area contributed by atoms with Crippen molar-refractivity contribution in [3.05, 3.63) is 0 Å². The van der Waals surface area contributed by atoms with Crippen LogP contribution in [-0.2, 0) is 9.53 Å². The van der Waals surface area contributed by atoms with Gasteiger partial charge in [0.2, 0.25) is 5.91 Å². The first-order chi connectivity index (χ1) is 7.76. The summed E-state index contributed by atoms with van der Waals surface area (Å²) in [7, 11) is 0. The van der Waals surface area contributed by atoms with Gasteiger partial charge in [-0.1, -0.05) is 26.7 Å². The summed E-state index contributed by atoms with van der Waals surface area (Å²) in [4.78, 5) is 13.9. The maximum Gasteiger partial charge on any atom is 0.224 e. The molecule has 1 amide bonds. The van der Waals surface area contributed by atoms with Crippen LogP contribution in [0.2, 0.25) is 0 Å². The van der Waals surface area contributed by atoms with Crippen LogP contribution in [0.5, 0.6) is 0 Å². The zero-order valence-electron chi connectivity index (χ0n) is 11.1. The second-order valence-electron chi connectivity index (χ2n) is 4.03. The summed E-state index contributed by atoms with van der Waals surface area (Å²) < 4.78 is 5.22. The van der Waals surface area contributed by atoms with Crippen LogP contribution in [0.25, 0.3) is 0 Å². The van der Waals surface area contributed by atoms with Crippen LogP contribution >= 0.6 is 0 Å². The SMILES string of the molecule is CCCCN(CCCC)C(=O)CCOCC. The lowest BCUT2D eigenvalue weighted by Gasteiger charge is -2.22. The van der Waals surface area contributed by atoms with Crippen molar-refractivity contribution in [1.82, 2.24) is 4.90 Å². The minimum atomic E-state index is 0.246. The Balaban J connectivity index is 3.88. The molecule has 0 aromatic heterocycles. The van der Waals surface area contributed by atoms with Crippen LogP contribution in [-0.4, -0.2) is 37.1 Å². The van der Waals surface area contributed by atoms with E-state index in [1.807, 2.05) is 11.8 Å². The van der Waals surface area contributed by atoms with E-state index < -0.39 is 0 Å². The Morgan fingerprint density at radius 1 is 1.06 bits per heavy atom. The third-order valence-corrected chi connectivity index (χ3v) is 2.58. The highest BCUT2D eigenvalue weighted by molar-refractivity contribution is 5.76. The molecule has 0 unspecified atom stereocenters. The lowest BCUT2D eigenvalue weighted by atomic mass is 10.2. The van der Waals surface area contributed by atoms with Crippen molar-refractivity contribution in [1.29, 1.82) is 0 Å². The Labute approximate surface area is 100 Å². The summed E-state index contributed by atoms with van der Waals surface area (Å²) in [6.45, 7) is 9.33. The fourth-order valence-corrected chi connectivity index (χ4v) is 1.52. The summed E-state index contributed by atoms with van der Waals surface area (Å²) in [6, 6.07) is 0. The van der Waals surface area contributed by atoms with Crippen molar-refractivity contribution in [3.8, 4) is 0 Å². The lowest BCUT2D eigenvalue weighted by Crippen LogP contribution is -2.33. The Bertz CT molecular complexity index is 163. The first kappa shape index (κ1) is 15.4. The second kappa shape index (κ2) is 10.9.